The van der Waals surface area contributed by atoms with Crippen molar-refractivity contribution < 1.29 is 0 Å². The van der Waals surface area contributed by atoms with E-state index in [1.807, 2.05) is 14.0 Å². The molecule has 4 nitrogen and oxygen atoms in total. The maximum Gasteiger partial charge on any atom is 0.179 e. The zero-order chi connectivity index (χ0) is 11.0. The summed E-state index contributed by atoms with van der Waals surface area (Å²) in [5.41, 5.74) is 0. The van der Waals surface area contributed by atoms with E-state index in [1.165, 1.54) is 0 Å². The summed E-state index contributed by atoms with van der Waals surface area (Å²) in [6.07, 6.45) is 2.53. The molecule has 0 saturated heterocycles. The molecule has 0 aliphatic heterocycles. The van der Waals surface area contributed by atoms with Crippen molar-refractivity contribution in [3.63, 3.8) is 0 Å². The van der Waals surface area contributed by atoms with Crippen molar-refractivity contribution in [1.82, 2.24) is 9.80 Å². The van der Waals surface area contributed by atoms with Gasteiger partial charge < -0.3 is 9.80 Å². The molecule has 0 rings (SSSR count). The summed E-state index contributed by atoms with van der Waals surface area (Å²) in [5.74, 6) is 0. The third-order valence-electron chi connectivity index (χ3n) is 2.30. The Morgan fingerprint density at radius 3 is 2.21 bits per heavy atom. The van der Waals surface area contributed by atoms with Crippen molar-refractivity contribution in [3.8, 4) is 12.3 Å². The predicted octanol–water partition coefficient (Wildman–Crippen LogP) is 1.02. The van der Waals surface area contributed by atoms with Gasteiger partial charge in [-0.05, 0) is 20.5 Å². The first kappa shape index (κ1) is 12.7. The lowest BCUT2D eigenvalue weighted by Gasteiger charge is -2.27. The Kier molecular flexibility index (Phi) is 6.53. The van der Waals surface area contributed by atoms with Crippen LogP contribution in [0.1, 0.15) is 20.3 Å². The molecule has 78 valence electrons. The fourth-order valence-electron chi connectivity index (χ4n) is 1.28. The van der Waals surface area contributed by atoms with E-state index in [0.29, 0.717) is 13.0 Å². The highest BCUT2D eigenvalue weighted by Gasteiger charge is 2.16. The van der Waals surface area contributed by atoms with E-state index in [4.69, 9.17) is 10.5 Å². The van der Waals surface area contributed by atoms with Crippen molar-refractivity contribution >= 4 is 0 Å². The monoisotopic (exact) mass is 194 g/mol. The van der Waals surface area contributed by atoms with Gasteiger partial charge in [0.05, 0.1) is 18.5 Å². The zero-order valence-electron chi connectivity index (χ0n) is 9.19. The van der Waals surface area contributed by atoms with Gasteiger partial charge in [0, 0.05) is 13.1 Å². The second kappa shape index (κ2) is 7.17. The summed E-state index contributed by atoms with van der Waals surface area (Å²) in [7, 11) is 2.00. The lowest BCUT2D eigenvalue weighted by Crippen LogP contribution is -2.40. The van der Waals surface area contributed by atoms with Crippen molar-refractivity contribution in [1.29, 1.82) is 10.5 Å². The molecule has 1 unspecified atom stereocenters. The average molecular weight is 194 g/mol. The lowest BCUT2D eigenvalue weighted by atomic mass is 10.2. The fraction of sp³-hybridized carbons (Fsp3) is 0.800. The summed E-state index contributed by atoms with van der Waals surface area (Å²) >= 11 is 0. The van der Waals surface area contributed by atoms with Crippen LogP contribution in [0, 0.1) is 22.8 Å². The molecule has 0 amide bonds. The molecular weight excluding hydrogens is 176 g/mol. The van der Waals surface area contributed by atoms with Gasteiger partial charge in [0.2, 0.25) is 0 Å². The predicted molar refractivity (Wildman–Crippen MR) is 55.2 cm³/mol. The Labute approximate surface area is 86.3 Å². The van der Waals surface area contributed by atoms with Gasteiger partial charge in [0.15, 0.2) is 6.19 Å². The highest BCUT2D eigenvalue weighted by Crippen LogP contribution is 2.04. The van der Waals surface area contributed by atoms with Gasteiger partial charge in [-0.25, -0.2) is 0 Å². The number of hydrogen-bond acceptors (Lipinski definition) is 4. The number of hydrogen-bond donors (Lipinski definition) is 0. The van der Waals surface area contributed by atoms with Gasteiger partial charge in [0.1, 0.15) is 0 Å². The van der Waals surface area contributed by atoms with Gasteiger partial charge in [-0.2, -0.15) is 10.5 Å². The van der Waals surface area contributed by atoms with E-state index < -0.39 is 0 Å². The summed E-state index contributed by atoms with van der Waals surface area (Å²) in [6, 6.07) is 2.15. The first-order chi connectivity index (χ1) is 6.69. The van der Waals surface area contributed by atoms with Gasteiger partial charge in [-0.15, -0.1) is 0 Å². The molecule has 0 heterocycles. The van der Waals surface area contributed by atoms with Crippen LogP contribution in [0.25, 0.3) is 0 Å². The molecule has 0 aromatic carbocycles. The molecule has 0 aliphatic carbocycles. The second-order valence-electron chi connectivity index (χ2n) is 3.26. The molecule has 0 N–H and O–H groups in total. The number of likely N-dealkylation sites (N-methyl/N-ethyl adjacent to an activating group) is 2. The van der Waals surface area contributed by atoms with E-state index in [0.717, 1.165) is 13.1 Å². The maximum atomic E-state index is 8.86. The van der Waals surface area contributed by atoms with Crippen LogP contribution in [-0.2, 0) is 0 Å². The van der Waals surface area contributed by atoms with E-state index in [2.05, 4.69) is 24.1 Å². The summed E-state index contributed by atoms with van der Waals surface area (Å²) in [5, 5.41) is 17.5. The average Bonchev–Trinajstić information content (AvgIpc) is 2.19. The Morgan fingerprint density at radius 1 is 1.21 bits per heavy atom. The Balaban J connectivity index is 4.29. The molecule has 14 heavy (non-hydrogen) atoms. The van der Waals surface area contributed by atoms with Crippen molar-refractivity contribution in [2.24, 2.45) is 0 Å². The highest BCUT2D eigenvalue weighted by atomic mass is 15.2. The minimum atomic E-state index is 0.0277. The van der Waals surface area contributed by atoms with Crippen LogP contribution >= 0.6 is 0 Å². The van der Waals surface area contributed by atoms with E-state index in [9.17, 15) is 0 Å². The van der Waals surface area contributed by atoms with Gasteiger partial charge in [-0.3, -0.25) is 0 Å². The molecule has 0 aliphatic rings. The van der Waals surface area contributed by atoms with Crippen LogP contribution in [0.4, 0.5) is 0 Å². The van der Waals surface area contributed by atoms with Crippen LogP contribution in [0.15, 0.2) is 0 Å². The Bertz CT molecular complexity index is 225. The third-order valence-corrected chi connectivity index (χ3v) is 2.30. The Hall–Kier alpha value is -1.26. The molecular formula is C10H18N4. The van der Waals surface area contributed by atoms with Crippen LogP contribution < -0.4 is 0 Å². The molecule has 1 atom stereocenters. The molecule has 0 aromatic heterocycles. The zero-order valence-corrected chi connectivity index (χ0v) is 9.19. The van der Waals surface area contributed by atoms with Crippen LogP contribution in [0.2, 0.25) is 0 Å². The van der Waals surface area contributed by atoms with Gasteiger partial charge in [-0.1, -0.05) is 6.92 Å². The first-order valence-electron chi connectivity index (χ1n) is 4.91. The molecule has 0 fully saturated rings. The first-order valence-corrected chi connectivity index (χ1v) is 4.91. The van der Waals surface area contributed by atoms with Crippen LogP contribution in [0.3, 0.4) is 0 Å². The third kappa shape index (κ3) is 4.11. The molecule has 0 radical (unpaired) electrons. The SMILES string of the molecule is CCN(C)CC(CC#N)N(C#N)CC. The standard InChI is InChI=1S/C10H18N4/c1-4-13(3)8-10(6-7-11)14(5-2)9-12/h10H,4-6,8H2,1-3H3. The minimum absolute atomic E-state index is 0.0277. The Morgan fingerprint density at radius 2 is 1.86 bits per heavy atom. The quantitative estimate of drug-likeness (QED) is 0.468. The molecule has 4 heteroatoms. The summed E-state index contributed by atoms with van der Waals surface area (Å²) in [6.45, 7) is 6.36. The second-order valence-corrected chi connectivity index (χ2v) is 3.26. The van der Waals surface area contributed by atoms with Crippen molar-refractivity contribution in [2.75, 3.05) is 26.7 Å². The highest BCUT2D eigenvalue weighted by molar-refractivity contribution is 4.89. The van der Waals surface area contributed by atoms with Gasteiger partial charge >= 0.3 is 0 Å². The largest absolute Gasteiger partial charge is 0.306 e. The smallest absolute Gasteiger partial charge is 0.179 e. The summed E-state index contributed by atoms with van der Waals surface area (Å²) in [4.78, 5) is 3.78. The number of nitriles is 2. The fourth-order valence-corrected chi connectivity index (χ4v) is 1.28. The van der Waals surface area contributed by atoms with Crippen LogP contribution in [0.5, 0.6) is 0 Å². The lowest BCUT2D eigenvalue weighted by molar-refractivity contribution is 0.221. The molecule has 0 aromatic rings. The molecule has 0 spiro atoms. The van der Waals surface area contributed by atoms with E-state index >= 15 is 0 Å². The van der Waals surface area contributed by atoms with E-state index in [1.54, 1.807) is 4.90 Å². The number of rotatable bonds is 6. The topological polar surface area (TPSA) is 54.1 Å². The molecule has 0 saturated carbocycles. The van der Waals surface area contributed by atoms with E-state index in [-0.39, 0.29) is 6.04 Å². The van der Waals surface area contributed by atoms with Crippen molar-refractivity contribution in [3.05, 3.63) is 0 Å². The van der Waals surface area contributed by atoms with Gasteiger partial charge in [0.25, 0.3) is 0 Å². The number of nitrogens with zero attached hydrogens (tertiary/aromatic N) is 4. The minimum Gasteiger partial charge on any atom is -0.306 e. The summed E-state index contributed by atoms with van der Waals surface area (Å²) < 4.78 is 0. The van der Waals surface area contributed by atoms with Crippen molar-refractivity contribution in [2.45, 2.75) is 26.3 Å². The maximum absolute atomic E-state index is 8.86. The normalized spacial score (nSPS) is 11.9. The molecule has 0 bridgehead atoms. The van der Waals surface area contributed by atoms with Crippen LogP contribution in [-0.4, -0.2) is 42.5 Å².